The molecule has 0 aliphatic carbocycles. The van der Waals surface area contributed by atoms with Crippen LogP contribution in [0.5, 0.6) is 0 Å². The molecule has 0 unspecified atom stereocenters. The molecule has 0 amide bonds. The normalized spacial score (nSPS) is 10.2. The van der Waals surface area contributed by atoms with Crippen LogP contribution in [-0.2, 0) is 6.54 Å². The van der Waals surface area contributed by atoms with Crippen LogP contribution in [0.15, 0.2) is 24.5 Å². The molecule has 0 radical (unpaired) electrons. The lowest BCUT2D eigenvalue weighted by Crippen LogP contribution is -3.00. The number of hydrogen-bond acceptors (Lipinski definition) is 1. The largest absolute Gasteiger partial charge is 1.00 e. The number of aliphatic hydroxyl groups is 1. The van der Waals surface area contributed by atoms with Crippen molar-refractivity contribution in [3.8, 4) is 11.4 Å². The van der Waals surface area contributed by atoms with Gasteiger partial charge >= 0.3 is 0 Å². The highest BCUT2D eigenvalue weighted by molar-refractivity contribution is 5.63. The second kappa shape index (κ2) is 6.16. The zero-order valence-corrected chi connectivity index (χ0v) is 12.6. The summed E-state index contributed by atoms with van der Waals surface area (Å²) in [5.74, 6) is 1.06. The number of rotatable bonds is 3. The Morgan fingerprint density at radius 2 is 1.78 bits per heavy atom. The molecule has 98 valence electrons. The molecule has 0 saturated heterocycles. The van der Waals surface area contributed by atoms with Crippen LogP contribution in [0.1, 0.15) is 16.7 Å². The highest BCUT2D eigenvalue weighted by Gasteiger charge is 2.17. The molecule has 0 aliphatic rings. The molecule has 0 saturated carbocycles. The summed E-state index contributed by atoms with van der Waals surface area (Å²) >= 11 is 0. The fraction of sp³-hybridized carbons (Fsp3) is 0.357. The van der Waals surface area contributed by atoms with Crippen LogP contribution < -0.4 is 21.5 Å². The van der Waals surface area contributed by atoms with Crippen molar-refractivity contribution in [2.24, 2.45) is 0 Å². The van der Waals surface area contributed by atoms with Gasteiger partial charge in [-0.25, -0.2) is 9.55 Å². The summed E-state index contributed by atoms with van der Waals surface area (Å²) in [5.41, 5.74) is 5.03. The third-order valence-corrected chi connectivity index (χ3v) is 3.02. The van der Waals surface area contributed by atoms with E-state index in [-0.39, 0.29) is 23.6 Å². The molecule has 4 heteroatoms. The number of aliphatic hydroxyl groups excluding tert-OH is 1. The van der Waals surface area contributed by atoms with Crippen molar-refractivity contribution < 1.29 is 26.7 Å². The second-order valence-electron chi connectivity index (χ2n) is 4.50. The lowest BCUT2D eigenvalue weighted by atomic mass is 9.99. The van der Waals surface area contributed by atoms with Gasteiger partial charge in [0.25, 0.3) is 5.82 Å². The monoisotopic (exact) mass is 310 g/mol. The average molecular weight is 311 g/mol. The van der Waals surface area contributed by atoms with Gasteiger partial charge in [0.2, 0.25) is 0 Å². The quantitative estimate of drug-likeness (QED) is 0.694. The average Bonchev–Trinajstić information content (AvgIpc) is 2.65. The Morgan fingerprint density at radius 1 is 1.17 bits per heavy atom. The van der Waals surface area contributed by atoms with Crippen LogP contribution in [0.2, 0.25) is 0 Å². The van der Waals surface area contributed by atoms with Crippen LogP contribution in [0.25, 0.3) is 11.4 Å². The van der Waals surface area contributed by atoms with Gasteiger partial charge in [-0.05, 0) is 31.9 Å². The molecule has 0 atom stereocenters. The zero-order chi connectivity index (χ0) is 12.4. The molecule has 18 heavy (non-hydrogen) atoms. The summed E-state index contributed by atoms with van der Waals surface area (Å²) in [4.78, 5) is 3.26. The summed E-state index contributed by atoms with van der Waals surface area (Å²) < 4.78 is 2.05. The molecule has 3 nitrogen and oxygen atoms in total. The number of H-pyrrole nitrogens is 1. The van der Waals surface area contributed by atoms with Gasteiger partial charge in [-0.3, -0.25) is 0 Å². The number of nitrogens with zero attached hydrogens (tertiary/aromatic N) is 1. The van der Waals surface area contributed by atoms with Crippen molar-refractivity contribution in [3.05, 3.63) is 41.2 Å². The van der Waals surface area contributed by atoms with Crippen LogP contribution >= 0.6 is 0 Å². The number of aryl methyl sites for hydroxylation is 3. The topological polar surface area (TPSA) is 39.9 Å². The van der Waals surface area contributed by atoms with E-state index in [1.54, 1.807) is 0 Å². The number of nitrogens with one attached hydrogen (secondary N) is 1. The van der Waals surface area contributed by atoms with Gasteiger partial charge in [-0.2, -0.15) is 0 Å². The maximum atomic E-state index is 9.06. The third kappa shape index (κ3) is 2.82. The minimum Gasteiger partial charge on any atom is -1.00 e. The van der Waals surface area contributed by atoms with Crippen molar-refractivity contribution >= 4 is 0 Å². The lowest BCUT2D eigenvalue weighted by molar-refractivity contribution is -0.686. The van der Waals surface area contributed by atoms with Crippen LogP contribution in [0.3, 0.4) is 0 Å². The summed E-state index contributed by atoms with van der Waals surface area (Å²) in [5, 5.41) is 9.06. The van der Waals surface area contributed by atoms with E-state index in [0.717, 1.165) is 5.82 Å². The number of aromatic nitrogens is 2. The van der Waals surface area contributed by atoms with E-state index >= 15 is 0 Å². The Hall–Kier alpha value is -1.13. The molecule has 0 aliphatic heterocycles. The van der Waals surface area contributed by atoms with E-state index in [4.69, 9.17) is 5.11 Å². The molecule has 1 heterocycles. The summed E-state index contributed by atoms with van der Waals surface area (Å²) in [6.07, 6.45) is 3.87. The van der Waals surface area contributed by atoms with Gasteiger partial charge in [-0.15, -0.1) is 0 Å². The molecule has 2 N–H and O–H groups in total. The van der Waals surface area contributed by atoms with Crippen molar-refractivity contribution in [1.82, 2.24) is 4.98 Å². The first-order chi connectivity index (χ1) is 8.13. The van der Waals surface area contributed by atoms with Gasteiger partial charge in [-0.1, -0.05) is 17.7 Å². The van der Waals surface area contributed by atoms with Gasteiger partial charge in [0.1, 0.15) is 18.9 Å². The molecular formula is C14H19BrN2O. The maximum Gasteiger partial charge on any atom is 0.287 e. The number of aromatic amines is 1. The predicted octanol–water partition coefficient (Wildman–Crippen LogP) is -1.11. The molecule has 0 fully saturated rings. The van der Waals surface area contributed by atoms with E-state index in [1.165, 1.54) is 22.3 Å². The van der Waals surface area contributed by atoms with E-state index < -0.39 is 0 Å². The van der Waals surface area contributed by atoms with Crippen molar-refractivity contribution in [2.75, 3.05) is 6.61 Å². The number of halogens is 1. The van der Waals surface area contributed by atoms with Crippen molar-refractivity contribution in [2.45, 2.75) is 27.3 Å². The molecule has 0 bridgehead atoms. The van der Waals surface area contributed by atoms with E-state index in [2.05, 4.69) is 37.9 Å². The Morgan fingerprint density at radius 3 is 2.33 bits per heavy atom. The Balaban J connectivity index is 0.00000162. The molecule has 0 spiro atoms. The third-order valence-electron chi connectivity index (χ3n) is 3.02. The van der Waals surface area contributed by atoms with Crippen LogP contribution in [-0.4, -0.2) is 16.7 Å². The zero-order valence-electron chi connectivity index (χ0n) is 11.0. The SMILES string of the molecule is Cc1cc(C)c(-c2[nH]cc[n+]2CCO)c(C)c1.[Br-]. The number of imidazole rings is 1. The Bertz CT molecular complexity index is 511. The summed E-state index contributed by atoms with van der Waals surface area (Å²) in [7, 11) is 0. The lowest BCUT2D eigenvalue weighted by Gasteiger charge is -2.08. The van der Waals surface area contributed by atoms with Gasteiger partial charge in [0.15, 0.2) is 0 Å². The molecule has 2 rings (SSSR count). The molecule has 1 aromatic carbocycles. The fourth-order valence-corrected chi connectivity index (χ4v) is 2.43. The van der Waals surface area contributed by atoms with E-state index in [0.29, 0.717) is 6.54 Å². The molecule has 2 aromatic rings. The van der Waals surface area contributed by atoms with E-state index in [9.17, 15) is 0 Å². The highest BCUT2D eigenvalue weighted by Crippen LogP contribution is 2.24. The van der Waals surface area contributed by atoms with Crippen LogP contribution in [0.4, 0.5) is 0 Å². The van der Waals surface area contributed by atoms with E-state index in [1.807, 2.05) is 17.0 Å². The smallest absolute Gasteiger partial charge is 0.287 e. The summed E-state index contributed by atoms with van der Waals surface area (Å²) in [6.45, 7) is 7.13. The second-order valence-corrected chi connectivity index (χ2v) is 4.50. The number of hydrogen-bond donors (Lipinski definition) is 2. The minimum atomic E-state index is 0. The molecular weight excluding hydrogens is 292 g/mol. The maximum absolute atomic E-state index is 9.06. The van der Waals surface area contributed by atoms with Gasteiger partial charge in [0.05, 0.1) is 12.2 Å². The summed E-state index contributed by atoms with van der Waals surface area (Å²) in [6, 6.07) is 4.37. The standard InChI is InChI=1S/C14H18N2O.BrH/c1-10-8-11(2)13(12(3)9-10)14-15-4-5-16(14)6-7-17;/h4-5,8-9,17H,6-7H2,1-3H3;1H. The Kier molecular flexibility index (Phi) is 5.11. The Labute approximate surface area is 118 Å². The first-order valence-corrected chi connectivity index (χ1v) is 5.89. The first kappa shape index (κ1) is 14.9. The van der Waals surface area contributed by atoms with Gasteiger partial charge in [0, 0.05) is 0 Å². The first-order valence-electron chi connectivity index (χ1n) is 5.89. The van der Waals surface area contributed by atoms with Gasteiger partial charge < -0.3 is 22.1 Å². The predicted molar refractivity (Wildman–Crippen MR) is 67.7 cm³/mol. The minimum absolute atomic E-state index is 0. The fourth-order valence-electron chi connectivity index (χ4n) is 2.43. The van der Waals surface area contributed by atoms with Crippen LogP contribution in [0, 0.1) is 20.8 Å². The highest BCUT2D eigenvalue weighted by atomic mass is 79.9. The van der Waals surface area contributed by atoms with Crippen molar-refractivity contribution in [1.29, 1.82) is 0 Å². The molecule has 1 aromatic heterocycles. The van der Waals surface area contributed by atoms with Crippen molar-refractivity contribution in [3.63, 3.8) is 0 Å². The number of benzene rings is 1.